The predicted molar refractivity (Wildman–Crippen MR) is 176 cm³/mol. The Labute approximate surface area is 306 Å². The lowest BCUT2D eigenvalue weighted by Gasteiger charge is -2.32. The molecule has 0 bridgehead atoms. The summed E-state index contributed by atoms with van der Waals surface area (Å²) >= 11 is 0. The normalized spacial score (nSPS) is 22.4. The van der Waals surface area contributed by atoms with Crippen molar-refractivity contribution < 1.29 is 143 Å². The van der Waals surface area contributed by atoms with E-state index in [0.29, 0.717) is 19.6 Å². The summed E-state index contributed by atoms with van der Waals surface area (Å²) in [7, 11) is -64.6. The van der Waals surface area contributed by atoms with Crippen LogP contribution in [-0.2, 0) is 84.0 Å². The van der Waals surface area contributed by atoms with Crippen LogP contribution in [0.1, 0.15) is 20.3 Å². The second-order valence-electron chi connectivity index (χ2n) is 10.0. The van der Waals surface area contributed by atoms with Crippen molar-refractivity contribution in [1.29, 1.82) is 0 Å². The van der Waals surface area contributed by atoms with E-state index in [2.05, 4.69) is 34.3 Å². The maximum absolute atomic E-state index is 12.7. The Bertz CT molecular complexity index is 1630. The van der Waals surface area contributed by atoms with E-state index in [1.54, 1.807) is 18.7 Å². The first kappa shape index (κ1) is 55.6. The third-order valence-corrected chi connectivity index (χ3v) is 25.9. The van der Waals surface area contributed by atoms with Crippen LogP contribution in [0.4, 0.5) is 0 Å². The summed E-state index contributed by atoms with van der Waals surface area (Å²) in [5.74, 6) is 0. The highest BCUT2D eigenvalue weighted by atomic mass is 31.3. The monoisotopic (exact) mass is 1010 g/mol. The highest BCUT2D eigenvalue weighted by Crippen LogP contribution is 2.70. The van der Waals surface area contributed by atoms with E-state index in [9.17, 15) is 70.4 Å². The first-order chi connectivity index (χ1) is 23.6. The molecule has 0 aliphatic rings. The average Bonchev–Trinajstić information content (AvgIpc) is 2.77. The number of phosphoric acid groups is 9. The van der Waals surface area contributed by atoms with E-state index >= 15 is 0 Å². The molecule has 7 atom stereocenters. The summed E-state index contributed by atoms with van der Waals surface area (Å²) in [5.41, 5.74) is 0. The Morgan fingerprint density at radius 1 is 0.444 bits per heavy atom. The van der Waals surface area contributed by atoms with Crippen LogP contribution < -0.4 is 0 Å². The molecule has 326 valence electrons. The molecule has 0 radical (unpaired) electrons. The first-order valence-corrected chi connectivity index (χ1v) is 32.1. The number of nitrogens with zero attached hydrogens (tertiary/aromatic N) is 1. The second kappa shape index (κ2) is 20.4. The van der Waals surface area contributed by atoms with E-state index < -0.39 is 106 Å². The van der Waals surface area contributed by atoms with Crippen LogP contribution >= 0.6 is 70.4 Å². The van der Waals surface area contributed by atoms with E-state index in [1.807, 2.05) is 0 Å². The topological polar surface area (TPSA) is 492 Å². The molecule has 0 aromatic heterocycles. The minimum Gasteiger partial charge on any atom is -0.393 e. The van der Waals surface area contributed by atoms with Crippen molar-refractivity contribution in [2.24, 2.45) is 0 Å². The summed E-state index contributed by atoms with van der Waals surface area (Å²) in [6.07, 6.45) is -0.752. The van der Waals surface area contributed by atoms with Gasteiger partial charge < -0.3 is 80.7 Å². The standard InChI is InChI=1S/C11H38NO31P9Si2/c1-5-12(6-2)8-9-34-53(3,41-50(28,29)38-47(22,23)35-44(13,14)15)10-7-11-54(4,42-51(30,31)39-48(24,25)36-45(16,17)18)43-52(32,33)40-49(26,27)37-46(19,20)21/h5-11H2,1-4H3,(H,22,23)(H,24,25)(H,26,27)(H,28,29)(H,30,31)(H,32,33)(H2,13,14,15)(H2,16,17,18)(H2,19,20,21). The summed E-state index contributed by atoms with van der Waals surface area (Å²) in [5, 5.41) is 0. The second-order valence-corrected chi connectivity index (χ2v) is 30.5. The fourth-order valence-corrected chi connectivity index (χ4v) is 22.6. The van der Waals surface area contributed by atoms with Crippen molar-refractivity contribution in [3.05, 3.63) is 0 Å². The van der Waals surface area contributed by atoms with Crippen LogP contribution in [0.2, 0.25) is 25.2 Å². The molecule has 0 aromatic rings. The molecule has 0 aliphatic carbocycles. The lowest BCUT2D eigenvalue weighted by molar-refractivity contribution is 0.165. The SMILES string of the molecule is CCN(CC)CCO[Si](C)(CCC[Si](C)(OP(=O)(O)OP(=O)(O)OP(=O)(O)O)OP(=O)(O)OP(=O)(O)OP(=O)(O)O)OP(=O)(O)OP(=O)(O)OP(=O)(O)O. The number of hydrogen-bond acceptors (Lipinski definition) is 20. The average molecular weight is 1020 g/mol. The molecule has 0 aromatic carbocycles. The number of hydrogen-bond donors (Lipinski definition) is 12. The van der Waals surface area contributed by atoms with Crippen molar-refractivity contribution >= 4 is 87.5 Å². The Kier molecular flexibility index (Phi) is 21.0. The van der Waals surface area contributed by atoms with E-state index in [-0.39, 0.29) is 13.2 Å². The molecule has 0 heterocycles. The van der Waals surface area contributed by atoms with Gasteiger partial charge in [0.25, 0.3) is 0 Å². The third kappa shape index (κ3) is 26.6. The lowest BCUT2D eigenvalue weighted by Crippen LogP contribution is -2.42. The molecule has 7 unspecified atom stereocenters. The summed E-state index contributed by atoms with van der Waals surface area (Å²) < 4.78 is 148. The highest BCUT2D eigenvalue weighted by molar-refractivity contribution is 7.68. The minimum absolute atomic E-state index is 0.0832. The smallest absolute Gasteiger partial charge is 0.393 e. The largest absolute Gasteiger partial charge is 0.490 e. The molecule has 54 heavy (non-hydrogen) atoms. The van der Waals surface area contributed by atoms with Gasteiger partial charge in [0.2, 0.25) is 0 Å². The lowest BCUT2D eigenvalue weighted by atomic mass is 10.5. The summed E-state index contributed by atoms with van der Waals surface area (Å²) in [6.45, 7) is 5.55. The van der Waals surface area contributed by atoms with Crippen molar-refractivity contribution in [2.75, 3.05) is 26.2 Å². The van der Waals surface area contributed by atoms with Crippen molar-refractivity contribution in [1.82, 2.24) is 4.90 Å². The first-order valence-electron chi connectivity index (χ1n) is 13.5. The minimum atomic E-state index is -6.30. The zero-order valence-electron chi connectivity index (χ0n) is 27.5. The van der Waals surface area contributed by atoms with Gasteiger partial charge in [0.15, 0.2) is 0 Å². The van der Waals surface area contributed by atoms with E-state index in [0.717, 1.165) is 6.55 Å². The van der Waals surface area contributed by atoms with Gasteiger partial charge in [-0.2, -0.15) is 25.9 Å². The van der Waals surface area contributed by atoms with Crippen molar-refractivity contribution in [3.8, 4) is 0 Å². The van der Waals surface area contributed by atoms with E-state index in [4.69, 9.17) is 38.0 Å². The van der Waals surface area contributed by atoms with Crippen LogP contribution in [0.5, 0.6) is 0 Å². The van der Waals surface area contributed by atoms with Crippen molar-refractivity contribution in [3.63, 3.8) is 0 Å². The summed E-state index contributed by atoms with van der Waals surface area (Å²) in [6, 6.07) is -1.82. The molecule has 0 aliphatic heterocycles. The van der Waals surface area contributed by atoms with Crippen LogP contribution in [0, 0.1) is 0 Å². The van der Waals surface area contributed by atoms with Gasteiger partial charge in [0, 0.05) is 13.2 Å². The van der Waals surface area contributed by atoms with Gasteiger partial charge >= 0.3 is 87.5 Å². The fraction of sp³-hybridized carbons (Fsp3) is 1.00. The van der Waals surface area contributed by atoms with Gasteiger partial charge in [0.1, 0.15) is 0 Å². The van der Waals surface area contributed by atoms with E-state index in [1.165, 1.54) is 0 Å². The third-order valence-electron chi connectivity index (χ3n) is 5.14. The molecule has 12 N–H and O–H groups in total. The maximum Gasteiger partial charge on any atom is 0.490 e. The quantitative estimate of drug-likeness (QED) is 0.0393. The van der Waals surface area contributed by atoms with Crippen molar-refractivity contribution in [2.45, 2.75) is 45.5 Å². The summed E-state index contributed by atoms with van der Waals surface area (Å²) in [4.78, 5) is 113. The Morgan fingerprint density at radius 3 is 1.00 bits per heavy atom. The van der Waals surface area contributed by atoms with Gasteiger partial charge in [-0.25, -0.2) is 41.1 Å². The fourth-order valence-electron chi connectivity index (χ4n) is 3.53. The molecule has 0 saturated carbocycles. The Morgan fingerprint density at radius 2 is 0.722 bits per heavy atom. The van der Waals surface area contributed by atoms with Gasteiger partial charge in [-0.05, 0) is 44.7 Å². The number of rotatable bonds is 28. The molecule has 43 heteroatoms. The van der Waals surface area contributed by atoms with Gasteiger partial charge in [-0.15, -0.1) is 0 Å². The van der Waals surface area contributed by atoms with Gasteiger partial charge in [-0.1, -0.05) is 13.8 Å². The zero-order chi connectivity index (χ0) is 43.1. The predicted octanol–water partition coefficient (Wildman–Crippen LogP) is 1.91. The molecule has 0 amide bonds. The van der Waals surface area contributed by atoms with Crippen LogP contribution in [0.25, 0.3) is 0 Å². The highest BCUT2D eigenvalue weighted by Gasteiger charge is 2.53. The molecular formula is C11H38NO31P9Si2. The zero-order valence-corrected chi connectivity index (χ0v) is 37.6. The van der Waals surface area contributed by atoms with Gasteiger partial charge in [-0.3, -0.25) is 0 Å². The van der Waals surface area contributed by atoms with Crippen LogP contribution in [0.3, 0.4) is 0 Å². The molecule has 0 rings (SSSR count). The molecule has 0 spiro atoms. The molecule has 0 saturated heterocycles. The maximum atomic E-state index is 12.7. The van der Waals surface area contributed by atoms with Gasteiger partial charge in [0.05, 0.1) is 0 Å². The molecular weight excluding hydrogens is 977 g/mol. The molecule has 32 nitrogen and oxygen atoms in total. The Balaban J connectivity index is 6.72. The van der Waals surface area contributed by atoms with Crippen LogP contribution in [0.15, 0.2) is 0 Å². The Hall–Kier alpha value is 1.58. The van der Waals surface area contributed by atoms with Crippen LogP contribution in [-0.4, -0.2) is 107 Å². The molecule has 0 fully saturated rings. The number of likely N-dealkylation sites (N-methyl/N-ethyl adjacent to an activating group) is 1.